The molecule has 8 heteroatoms. The third-order valence-electron chi connectivity index (χ3n) is 3.97. The third kappa shape index (κ3) is 3.14. The summed E-state index contributed by atoms with van der Waals surface area (Å²) in [6, 6.07) is 4.02. The molecule has 3 rings (SSSR count). The van der Waals surface area contributed by atoms with Crippen LogP contribution in [-0.2, 0) is 10.0 Å². The summed E-state index contributed by atoms with van der Waals surface area (Å²) in [5.74, 6) is 0. The Labute approximate surface area is 141 Å². The number of hydrogen-bond donors (Lipinski definition) is 1. The van der Waals surface area contributed by atoms with Gasteiger partial charge in [-0.2, -0.15) is 4.31 Å². The lowest BCUT2D eigenvalue weighted by molar-refractivity contribution is 0.180. The van der Waals surface area contributed by atoms with E-state index in [1.807, 2.05) is 0 Å². The summed E-state index contributed by atoms with van der Waals surface area (Å²) < 4.78 is 28.4. The van der Waals surface area contributed by atoms with Crippen LogP contribution in [0.25, 0.3) is 0 Å². The summed E-state index contributed by atoms with van der Waals surface area (Å²) >= 11 is 6.63. The van der Waals surface area contributed by atoms with Gasteiger partial charge in [0.15, 0.2) is 0 Å². The topological polar surface area (TPSA) is 66.6 Å². The highest BCUT2D eigenvalue weighted by molar-refractivity contribution is 9.11. The van der Waals surface area contributed by atoms with Crippen LogP contribution in [0.4, 0.5) is 5.69 Å². The molecule has 0 unspecified atom stereocenters. The van der Waals surface area contributed by atoms with Gasteiger partial charge in [0.25, 0.3) is 0 Å². The van der Waals surface area contributed by atoms with E-state index in [1.54, 1.807) is 12.1 Å². The third-order valence-corrected chi connectivity index (χ3v) is 7.33. The number of nitrogens with zero attached hydrogens (tertiary/aromatic N) is 2. The molecular weight excluding hydrogens is 422 g/mol. The zero-order chi connectivity index (χ0) is 15.2. The minimum atomic E-state index is -3.55. The first-order chi connectivity index (χ1) is 9.89. The van der Waals surface area contributed by atoms with E-state index in [-0.39, 0.29) is 10.6 Å². The fourth-order valence-corrected chi connectivity index (χ4v) is 6.17. The first kappa shape index (κ1) is 15.7. The molecule has 116 valence electrons. The van der Waals surface area contributed by atoms with Crippen molar-refractivity contribution in [2.24, 2.45) is 0 Å². The molecule has 2 N–H and O–H groups in total. The van der Waals surface area contributed by atoms with Crippen molar-refractivity contribution in [1.29, 1.82) is 0 Å². The Morgan fingerprint density at radius 1 is 1.10 bits per heavy atom. The number of hydrogen-bond acceptors (Lipinski definition) is 4. The van der Waals surface area contributed by atoms with Crippen LogP contribution in [0.3, 0.4) is 0 Å². The molecule has 1 aromatic rings. The highest BCUT2D eigenvalue weighted by atomic mass is 79.9. The molecule has 1 saturated heterocycles. The Morgan fingerprint density at radius 2 is 1.71 bits per heavy atom. The maximum absolute atomic E-state index is 12.8. The maximum atomic E-state index is 12.8. The normalized spacial score (nSPS) is 21.6. The molecule has 1 heterocycles. The van der Waals surface area contributed by atoms with Gasteiger partial charge in [0.1, 0.15) is 4.90 Å². The van der Waals surface area contributed by atoms with Crippen molar-refractivity contribution in [3.8, 4) is 0 Å². The molecule has 5 nitrogen and oxygen atoms in total. The Balaban J connectivity index is 1.84. The highest BCUT2D eigenvalue weighted by Crippen LogP contribution is 2.34. The SMILES string of the molecule is Nc1cc(Br)cc(Br)c1S(=O)(=O)N1CCN(C2CC2)CC1. The predicted octanol–water partition coefficient (Wildman–Crippen LogP) is 2.26. The van der Waals surface area contributed by atoms with Gasteiger partial charge < -0.3 is 5.73 Å². The standard InChI is InChI=1S/C13H17Br2N3O2S/c14-9-7-11(15)13(12(16)8-9)21(19,20)18-5-3-17(4-6-18)10-1-2-10/h7-8,10H,1-6,16H2. The molecule has 0 spiro atoms. The number of benzene rings is 1. The Morgan fingerprint density at radius 3 is 2.24 bits per heavy atom. The largest absolute Gasteiger partial charge is 0.398 e. The zero-order valence-corrected chi connectivity index (χ0v) is 15.4. The fraction of sp³-hybridized carbons (Fsp3) is 0.538. The molecule has 1 aliphatic carbocycles. The number of halogens is 2. The molecule has 0 aromatic heterocycles. The van der Waals surface area contributed by atoms with Crippen molar-refractivity contribution in [1.82, 2.24) is 9.21 Å². The van der Waals surface area contributed by atoms with Gasteiger partial charge in [-0.15, -0.1) is 0 Å². The van der Waals surface area contributed by atoms with Crippen molar-refractivity contribution in [3.63, 3.8) is 0 Å². The van der Waals surface area contributed by atoms with Crippen LogP contribution in [0.1, 0.15) is 12.8 Å². The number of nitrogens with two attached hydrogens (primary N) is 1. The van der Waals surface area contributed by atoms with Gasteiger partial charge in [0, 0.05) is 41.2 Å². The summed E-state index contributed by atoms with van der Waals surface area (Å²) in [5, 5.41) is 0. The van der Waals surface area contributed by atoms with Gasteiger partial charge in [0.05, 0.1) is 5.69 Å². The maximum Gasteiger partial charge on any atom is 0.246 e. The van der Waals surface area contributed by atoms with Crippen molar-refractivity contribution >= 4 is 47.6 Å². The van der Waals surface area contributed by atoms with Gasteiger partial charge in [-0.1, -0.05) is 15.9 Å². The Hall–Kier alpha value is -0.150. The van der Waals surface area contributed by atoms with E-state index in [0.29, 0.717) is 23.6 Å². The van der Waals surface area contributed by atoms with Crippen LogP contribution in [0, 0.1) is 0 Å². The lowest BCUT2D eigenvalue weighted by atomic mass is 10.3. The van der Waals surface area contributed by atoms with E-state index in [2.05, 4.69) is 36.8 Å². The highest BCUT2D eigenvalue weighted by Gasteiger charge is 2.36. The van der Waals surface area contributed by atoms with Crippen LogP contribution in [0.5, 0.6) is 0 Å². The Kier molecular flexibility index (Phi) is 4.35. The fourth-order valence-electron chi connectivity index (χ4n) is 2.73. The van der Waals surface area contributed by atoms with Crippen molar-refractivity contribution in [2.45, 2.75) is 23.8 Å². The van der Waals surface area contributed by atoms with E-state index >= 15 is 0 Å². The number of nitrogen functional groups attached to an aromatic ring is 1. The smallest absolute Gasteiger partial charge is 0.246 e. The molecule has 0 amide bonds. The number of sulfonamides is 1. The van der Waals surface area contributed by atoms with Crippen LogP contribution in [-0.4, -0.2) is 49.8 Å². The van der Waals surface area contributed by atoms with Gasteiger partial charge in [-0.25, -0.2) is 8.42 Å². The van der Waals surface area contributed by atoms with E-state index in [4.69, 9.17) is 5.73 Å². The molecule has 21 heavy (non-hydrogen) atoms. The monoisotopic (exact) mass is 437 g/mol. The van der Waals surface area contributed by atoms with E-state index < -0.39 is 10.0 Å². The van der Waals surface area contributed by atoms with E-state index in [0.717, 1.165) is 17.6 Å². The van der Waals surface area contributed by atoms with Gasteiger partial charge >= 0.3 is 0 Å². The van der Waals surface area contributed by atoms with Gasteiger partial charge in [-0.3, -0.25) is 4.90 Å². The first-order valence-electron chi connectivity index (χ1n) is 6.88. The van der Waals surface area contributed by atoms with Gasteiger partial charge in [-0.05, 0) is 40.9 Å². The number of rotatable bonds is 3. The van der Waals surface area contributed by atoms with Crippen molar-refractivity contribution < 1.29 is 8.42 Å². The average Bonchev–Trinajstić information content (AvgIpc) is 3.21. The van der Waals surface area contributed by atoms with Crippen molar-refractivity contribution in [2.75, 3.05) is 31.9 Å². The molecule has 1 saturated carbocycles. The molecule has 0 radical (unpaired) electrons. The molecule has 2 aliphatic rings. The Bertz CT molecular complexity index is 630. The van der Waals surface area contributed by atoms with E-state index in [1.165, 1.54) is 17.1 Å². The molecule has 1 aromatic carbocycles. The molecule has 0 atom stereocenters. The van der Waals surface area contributed by atoms with E-state index in [9.17, 15) is 8.42 Å². The van der Waals surface area contributed by atoms with Gasteiger partial charge in [0.2, 0.25) is 10.0 Å². The number of anilines is 1. The first-order valence-corrected chi connectivity index (χ1v) is 9.91. The number of piperazine rings is 1. The second-order valence-electron chi connectivity index (χ2n) is 5.48. The summed E-state index contributed by atoms with van der Waals surface area (Å²) in [6.07, 6.45) is 2.50. The average molecular weight is 439 g/mol. The van der Waals surface area contributed by atoms with Crippen LogP contribution in [0.15, 0.2) is 26.0 Å². The molecule has 2 fully saturated rings. The second-order valence-corrected chi connectivity index (χ2v) is 9.12. The summed E-state index contributed by atoms with van der Waals surface area (Å²) in [5.41, 5.74) is 6.19. The molecule has 1 aliphatic heterocycles. The van der Waals surface area contributed by atoms with Crippen LogP contribution in [0.2, 0.25) is 0 Å². The second kappa shape index (κ2) is 5.81. The van der Waals surface area contributed by atoms with Crippen LogP contribution < -0.4 is 5.73 Å². The van der Waals surface area contributed by atoms with Crippen molar-refractivity contribution in [3.05, 3.63) is 21.1 Å². The lowest BCUT2D eigenvalue weighted by Crippen LogP contribution is -2.49. The summed E-state index contributed by atoms with van der Waals surface area (Å²) in [4.78, 5) is 2.55. The minimum Gasteiger partial charge on any atom is -0.398 e. The van der Waals surface area contributed by atoms with Crippen LogP contribution >= 0.6 is 31.9 Å². The lowest BCUT2D eigenvalue weighted by Gasteiger charge is -2.34. The summed E-state index contributed by atoms with van der Waals surface area (Å²) in [6.45, 7) is 2.66. The zero-order valence-electron chi connectivity index (χ0n) is 11.4. The quantitative estimate of drug-likeness (QED) is 0.735. The molecular formula is C13H17Br2N3O2S. The predicted molar refractivity (Wildman–Crippen MR) is 89.6 cm³/mol. The molecule has 0 bridgehead atoms. The minimum absolute atomic E-state index is 0.172. The summed E-state index contributed by atoms with van der Waals surface area (Å²) in [7, 11) is -3.55.